The Morgan fingerprint density at radius 3 is 2.28 bits per heavy atom. The molecule has 0 fully saturated rings. The van der Waals surface area contributed by atoms with E-state index in [9.17, 15) is 13.5 Å². The highest BCUT2D eigenvalue weighted by atomic mass is 35.5. The summed E-state index contributed by atoms with van der Waals surface area (Å²) >= 11 is 5.79. The van der Waals surface area contributed by atoms with Crippen molar-refractivity contribution in [3.05, 3.63) is 59.3 Å². The predicted molar refractivity (Wildman–Crippen MR) is 131 cm³/mol. The number of nitrogens with one attached hydrogen (secondary N) is 1. The molecule has 190 valence electrons. The van der Waals surface area contributed by atoms with Gasteiger partial charge in [-0.15, -0.1) is 10.2 Å². The number of hydrogen-bond acceptors (Lipinski definition) is 10. The zero-order chi connectivity index (χ0) is 26.0. The Hall–Kier alpha value is -3.68. The van der Waals surface area contributed by atoms with E-state index in [1.54, 1.807) is 37.3 Å². The second-order valence-electron chi connectivity index (χ2n) is 7.66. The largest absolute Gasteiger partial charge is 0.494 e. The molecule has 0 aliphatic rings. The Balaban J connectivity index is 1.81. The average molecular weight is 535 g/mol. The molecule has 4 rings (SSSR count). The Labute approximate surface area is 211 Å². The van der Waals surface area contributed by atoms with Crippen LogP contribution in [-0.2, 0) is 10.0 Å². The molecule has 3 aromatic heterocycles. The predicted octanol–water partition coefficient (Wildman–Crippen LogP) is 3.16. The minimum Gasteiger partial charge on any atom is -0.494 e. The normalized spacial score (nSPS) is 13.3. The quantitative estimate of drug-likeness (QED) is 0.327. The van der Waals surface area contributed by atoms with Crippen molar-refractivity contribution in [1.29, 1.82) is 0 Å². The van der Waals surface area contributed by atoms with Gasteiger partial charge in [0.15, 0.2) is 11.6 Å². The smallest absolute Gasteiger partial charge is 0.243 e. The van der Waals surface area contributed by atoms with E-state index in [1.807, 2.05) is 0 Å². The fraction of sp³-hybridized carbons (Fsp3) is 0.273. The summed E-state index contributed by atoms with van der Waals surface area (Å²) < 4.78 is 47.2. The van der Waals surface area contributed by atoms with Crippen LogP contribution in [0.5, 0.6) is 11.5 Å². The standard InChI is InChI=1S/C22H23ClN6O6S/c1-12-8-9-17(35-12)21-26-27-22(29(21)18-15(33-3)6-5-7-16(18)34-4)28-36(31,32)13(2)19(30)20-24-10-14(23)11-25-20/h5-11,13,19,30H,1-4H3,(H,27,28)/t13-,19-/m1/s1. The summed E-state index contributed by atoms with van der Waals surface area (Å²) in [6.45, 7) is 3.07. The van der Waals surface area contributed by atoms with Crippen molar-refractivity contribution >= 4 is 27.6 Å². The molecule has 0 saturated heterocycles. The summed E-state index contributed by atoms with van der Waals surface area (Å²) in [4.78, 5) is 7.82. The Kier molecular flexibility index (Phi) is 7.15. The summed E-state index contributed by atoms with van der Waals surface area (Å²) in [5, 5.41) is 17.7. The van der Waals surface area contributed by atoms with Gasteiger partial charge in [-0.2, -0.15) is 0 Å². The maximum absolute atomic E-state index is 13.3. The number of nitrogens with zero attached hydrogens (tertiary/aromatic N) is 5. The van der Waals surface area contributed by atoms with Crippen molar-refractivity contribution < 1.29 is 27.4 Å². The molecule has 1 aromatic carbocycles. The first-order valence-electron chi connectivity index (χ1n) is 10.6. The van der Waals surface area contributed by atoms with Gasteiger partial charge >= 0.3 is 0 Å². The van der Waals surface area contributed by atoms with Crippen molar-refractivity contribution in [2.45, 2.75) is 25.2 Å². The number of furan rings is 1. The van der Waals surface area contributed by atoms with E-state index < -0.39 is 21.4 Å². The summed E-state index contributed by atoms with van der Waals surface area (Å²) in [7, 11) is -1.32. The second kappa shape index (κ2) is 10.1. The fourth-order valence-electron chi connectivity index (χ4n) is 3.40. The van der Waals surface area contributed by atoms with Gasteiger partial charge in [0.05, 0.1) is 19.2 Å². The number of aryl methyl sites for hydroxylation is 1. The number of hydrogen-bond donors (Lipinski definition) is 2. The molecule has 36 heavy (non-hydrogen) atoms. The third kappa shape index (κ3) is 4.85. The number of para-hydroxylation sites is 1. The number of aromatic nitrogens is 5. The third-order valence-electron chi connectivity index (χ3n) is 5.32. The molecular weight excluding hydrogens is 512 g/mol. The van der Waals surface area contributed by atoms with Gasteiger partial charge in [0.1, 0.15) is 34.3 Å². The van der Waals surface area contributed by atoms with Crippen molar-refractivity contribution in [3.63, 3.8) is 0 Å². The van der Waals surface area contributed by atoms with Crippen LogP contribution in [-0.4, -0.2) is 57.7 Å². The van der Waals surface area contributed by atoms with E-state index in [4.69, 9.17) is 25.5 Å². The van der Waals surface area contributed by atoms with E-state index in [0.29, 0.717) is 28.7 Å². The van der Waals surface area contributed by atoms with Gasteiger partial charge in [0, 0.05) is 12.4 Å². The fourth-order valence-corrected chi connectivity index (χ4v) is 4.53. The summed E-state index contributed by atoms with van der Waals surface area (Å²) in [6, 6.07) is 8.49. The molecular formula is C22H23ClN6O6S. The molecule has 0 aliphatic heterocycles. The zero-order valence-electron chi connectivity index (χ0n) is 19.7. The lowest BCUT2D eigenvalue weighted by Gasteiger charge is -2.20. The van der Waals surface area contributed by atoms with Crippen LogP contribution in [0, 0.1) is 6.92 Å². The van der Waals surface area contributed by atoms with Gasteiger partial charge in [-0.1, -0.05) is 17.7 Å². The van der Waals surface area contributed by atoms with E-state index >= 15 is 0 Å². The van der Waals surface area contributed by atoms with Crippen LogP contribution in [0.4, 0.5) is 5.95 Å². The van der Waals surface area contributed by atoms with Crippen LogP contribution in [0.2, 0.25) is 5.02 Å². The lowest BCUT2D eigenvalue weighted by Crippen LogP contribution is -2.32. The van der Waals surface area contributed by atoms with Crippen molar-refractivity contribution in [3.8, 4) is 28.8 Å². The Morgan fingerprint density at radius 2 is 1.72 bits per heavy atom. The molecule has 0 spiro atoms. The zero-order valence-corrected chi connectivity index (χ0v) is 21.3. The minimum absolute atomic E-state index is 0.100. The number of ether oxygens (including phenoxy) is 2. The number of rotatable bonds is 9. The van der Waals surface area contributed by atoms with Crippen LogP contribution >= 0.6 is 11.6 Å². The number of benzene rings is 1. The molecule has 0 unspecified atom stereocenters. The van der Waals surface area contributed by atoms with Gasteiger partial charge in [-0.3, -0.25) is 9.29 Å². The Morgan fingerprint density at radius 1 is 1.08 bits per heavy atom. The Bertz CT molecular complexity index is 1450. The SMILES string of the molecule is COc1cccc(OC)c1-n1c(NS(=O)(=O)[C@H](C)[C@@H](O)c2ncc(Cl)cn2)nnc1-c1ccc(C)o1. The van der Waals surface area contributed by atoms with Crippen LogP contribution in [0.3, 0.4) is 0 Å². The third-order valence-corrected chi connectivity index (χ3v) is 7.22. The molecule has 0 radical (unpaired) electrons. The lowest BCUT2D eigenvalue weighted by molar-refractivity contribution is 0.166. The van der Waals surface area contributed by atoms with Crippen LogP contribution < -0.4 is 14.2 Å². The van der Waals surface area contributed by atoms with Crippen LogP contribution in [0.25, 0.3) is 17.3 Å². The molecule has 4 aromatic rings. The molecule has 14 heteroatoms. The number of aliphatic hydroxyl groups excluding tert-OH is 1. The molecule has 0 bridgehead atoms. The average Bonchev–Trinajstić information content (AvgIpc) is 3.48. The first-order chi connectivity index (χ1) is 17.2. The summed E-state index contributed by atoms with van der Waals surface area (Å²) in [5.74, 6) is 1.59. The highest BCUT2D eigenvalue weighted by Gasteiger charge is 2.34. The summed E-state index contributed by atoms with van der Waals surface area (Å²) in [6.07, 6.45) is 0.980. The van der Waals surface area contributed by atoms with Gasteiger partial charge < -0.3 is 19.0 Å². The number of halogens is 1. The molecule has 0 amide bonds. The monoisotopic (exact) mass is 534 g/mol. The number of methoxy groups -OCH3 is 2. The maximum atomic E-state index is 13.3. The molecule has 3 heterocycles. The first kappa shape index (κ1) is 25.4. The van der Waals surface area contributed by atoms with Crippen molar-refractivity contribution in [1.82, 2.24) is 24.7 Å². The van der Waals surface area contributed by atoms with E-state index in [-0.39, 0.29) is 22.6 Å². The summed E-state index contributed by atoms with van der Waals surface area (Å²) in [5.41, 5.74) is 0.337. The van der Waals surface area contributed by atoms with Crippen LogP contribution in [0.1, 0.15) is 24.6 Å². The molecule has 2 atom stereocenters. The van der Waals surface area contributed by atoms with Gasteiger partial charge in [-0.05, 0) is 38.1 Å². The molecule has 0 aliphatic carbocycles. The number of anilines is 1. The maximum Gasteiger partial charge on any atom is 0.243 e. The molecule has 0 saturated carbocycles. The van der Waals surface area contributed by atoms with Gasteiger partial charge in [-0.25, -0.2) is 18.4 Å². The topological polar surface area (TPSA) is 154 Å². The minimum atomic E-state index is -4.25. The van der Waals surface area contributed by atoms with Crippen LogP contribution in [0.15, 0.2) is 47.1 Å². The number of sulfonamides is 1. The second-order valence-corrected chi connectivity index (χ2v) is 10.1. The van der Waals surface area contributed by atoms with Gasteiger partial charge in [0.25, 0.3) is 0 Å². The van der Waals surface area contributed by atoms with E-state index in [2.05, 4.69) is 24.9 Å². The van der Waals surface area contributed by atoms with E-state index in [1.165, 1.54) is 38.1 Å². The van der Waals surface area contributed by atoms with Crippen molar-refractivity contribution in [2.75, 3.05) is 18.9 Å². The van der Waals surface area contributed by atoms with E-state index in [0.717, 1.165) is 0 Å². The van der Waals surface area contributed by atoms with Crippen molar-refractivity contribution in [2.24, 2.45) is 0 Å². The lowest BCUT2D eigenvalue weighted by atomic mass is 10.2. The number of aliphatic hydroxyl groups is 1. The molecule has 2 N–H and O–H groups in total. The highest BCUT2D eigenvalue weighted by molar-refractivity contribution is 7.93. The van der Waals surface area contributed by atoms with Gasteiger partial charge in [0.2, 0.25) is 21.8 Å². The molecule has 12 nitrogen and oxygen atoms in total. The highest BCUT2D eigenvalue weighted by Crippen LogP contribution is 2.38. The first-order valence-corrected chi connectivity index (χ1v) is 12.5.